The Balaban J connectivity index is 2.36. The van der Waals surface area contributed by atoms with Gasteiger partial charge in [-0.05, 0) is 39.3 Å². The van der Waals surface area contributed by atoms with E-state index in [1.807, 2.05) is 12.3 Å². The molecule has 0 saturated heterocycles. The summed E-state index contributed by atoms with van der Waals surface area (Å²) in [5, 5.41) is 4.68. The summed E-state index contributed by atoms with van der Waals surface area (Å²) in [7, 11) is 0. The van der Waals surface area contributed by atoms with Gasteiger partial charge in [-0.3, -0.25) is 4.98 Å². The zero-order chi connectivity index (χ0) is 13.1. The highest BCUT2D eigenvalue weighted by molar-refractivity contribution is 7.11. The third kappa shape index (κ3) is 2.94. The van der Waals surface area contributed by atoms with Crippen molar-refractivity contribution in [2.24, 2.45) is 0 Å². The molecule has 4 heteroatoms. The molecule has 1 unspecified atom stereocenters. The maximum Gasteiger partial charge on any atom is 0.115 e. The molecule has 96 valence electrons. The summed E-state index contributed by atoms with van der Waals surface area (Å²) in [6.45, 7) is 8.48. The van der Waals surface area contributed by atoms with Crippen molar-refractivity contribution in [3.8, 4) is 0 Å². The molecule has 0 bridgehead atoms. The van der Waals surface area contributed by atoms with Gasteiger partial charge in [0.2, 0.25) is 0 Å². The van der Waals surface area contributed by atoms with Crippen LogP contribution in [0.5, 0.6) is 0 Å². The van der Waals surface area contributed by atoms with Crippen LogP contribution in [0.25, 0.3) is 0 Å². The van der Waals surface area contributed by atoms with Crippen LogP contribution in [0, 0.1) is 13.8 Å². The second-order valence-electron chi connectivity index (χ2n) is 4.73. The summed E-state index contributed by atoms with van der Waals surface area (Å²) in [6, 6.07) is 4.60. The number of aromatic nitrogens is 2. The molecule has 0 aliphatic carbocycles. The van der Waals surface area contributed by atoms with Crippen LogP contribution in [0.2, 0.25) is 0 Å². The Bertz CT molecular complexity index is 486. The molecule has 2 rings (SSSR count). The minimum absolute atomic E-state index is 0.135. The van der Waals surface area contributed by atoms with Crippen molar-refractivity contribution in [3.05, 3.63) is 45.7 Å². The highest BCUT2D eigenvalue weighted by Crippen LogP contribution is 2.27. The van der Waals surface area contributed by atoms with Gasteiger partial charge in [-0.2, -0.15) is 0 Å². The van der Waals surface area contributed by atoms with Crippen molar-refractivity contribution in [3.63, 3.8) is 0 Å². The van der Waals surface area contributed by atoms with Crippen LogP contribution in [-0.2, 0) is 0 Å². The minimum atomic E-state index is 0.135. The molecule has 0 spiro atoms. The first-order valence-corrected chi connectivity index (χ1v) is 6.99. The highest BCUT2D eigenvalue weighted by Gasteiger charge is 2.19. The van der Waals surface area contributed by atoms with Crippen LogP contribution < -0.4 is 5.32 Å². The number of thiazole rings is 1. The van der Waals surface area contributed by atoms with Crippen LogP contribution in [0.4, 0.5) is 0 Å². The van der Waals surface area contributed by atoms with Gasteiger partial charge in [-0.1, -0.05) is 6.07 Å². The molecule has 0 aromatic carbocycles. The van der Waals surface area contributed by atoms with Crippen molar-refractivity contribution in [1.29, 1.82) is 0 Å². The third-order valence-electron chi connectivity index (χ3n) is 2.81. The Labute approximate surface area is 112 Å². The molecule has 0 fully saturated rings. The number of nitrogens with zero attached hydrogens (tertiary/aromatic N) is 2. The smallest absolute Gasteiger partial charge is 0.115 e. The van der Waals surface area contributed by atoms with Gasteiger partial charge in [-0.25, -0.2) is 4.98 Å². The van der Waals surface area contributed by atoms with E-state index >= 15 is 0 Å². The minimum Gasteiger partial charge on any atom is -0.302 e. The lowest BCUT2D eigenvalue weighted by atomic mass is 10.1. The quantitative estimate of drug-likeness (QED) is 0.918. The predicted molar refractivity (Wildman–Crippen MR) is 75.9 cm³/mol. The van der Waals surface area contributed by atoms with E-state index in [0.29, 0.717) is 6.04 Å². The third-order valence-corrected chi connectivity index (χ3v) is 3.95. The summed E-state index contributed by atoms with van der Waals surface area (Å²) in [5.74, 6) is 0. The zero-order valence-corrected chi connectivity index (χ0v) is 12.1. The Morgan fingerprint density at radius 2 is 2.06 bits per heavy atom. The Kier molecular flexibility index (Phi) is 4.09. The Hall–Kier alpha value is -1.26. The summed E-state index contributed by atoms with van der Waals surface area (Å²) >= 11 is 1.76. The summed E-state index contributed by atoms with van der Waals surface area (Å²) < 4.78 is 0. The van der Waals surface area contributed by atoms with Crippen molar-refractivity contribution >= 4 is 11.3 Å². The van der Waals surface area contributed by atoms with Crippen LogP contribution >= 0.6 is 11.3 Å². The largest absolute Gasteiger partial charge is 0.302 e. The van der Waals surface area contributed by atoms with E-state index < -0.39 is 0 Å². The second-order valence-corrected chi connectivity index (χ2v) is 5.97. The fourth-order valence-electron chi connectivity index (χ4n) is 1.81. The molecule has 0 aliphatic heterocycles. The fraction of sp³-hybridized carbons (Fsp3) is 0.429. The van der Waals surface area contributed by atoms with Gasteiger partial charge in [0.15, 0.2) is 0 Å². The monoisotopic (exact) mass is 261 g/mol. The number of aryl methyl sites for hydroxylation is 2. The fourth-order valence-corrected chi connectivity index (χ4v) is 2.82. The van der Waals surface area contributed by atoms with Crippen LogP contribution in [0.3, 0.4) is 0 Å². The van der Waals surface area contributed by atoms with E-state index in [1.54, 1.807) is 17.5 Å². The van der Waals surface area contributed by atoms with Gasteiger partial charge in [0.25, 0.3) is 0 Å². The molecular formula is C14H19N3S. The molecule has 1 N–H and O–H groups in total. The van der Waals surface area contributed by atoms with E-state index in [1.165, 1.54) is 10.4 Å². The first-order chi connectivity index (χ1) is 8.58. The standard InChI is InChI=1S/C14H19N3S/c1-9(2)16-13(12-6-5-7-15-8-12)14-17-10(3)11(4)18-14/h5-9,13,16H,1-4H3. The number of rotatable bonds is 4. The predicted octanol–water partition coefficient (Wildman–Crippen LogP) is 3.24. The lowest BCUT2D eigenvalue weighted by Crippen LogP contribution is -2.29. The maximum absolute atomic E-state index is 4.67. The molecule has 0 amide bonds. The SMILES string of the molecule is Cc1nc(C(NC(C)C)c2cccnc2)sc1C. The van der Waals surface area contributed by atoms with Crippen LogP contribution in [0.1, 0.15) is 41.0 Å². The van der Waals surface area contributed by atoms with Crippen molar-refractivity contribution in [2.75, 3.05) is 0 Å². The van der Waals surface area contributed by atoms with E-state index in [-0.39, 0.29) is 6.04 Å². The second kappa shape index (κ2) is 5.59. The van der Waals surface area contributed by atoms with E-state index in [2.05, 4.69) is 49.0 Å². The van der Waals surface area contributed by atoms with Crippen LogP contribution in [0.15, 0.2) is 24.5 Å². The first kappa shape index (κ1) is 13.2. The van der Waals surface area contributed by atoms with Gasteiger partial charge in [-0.15, -0.1) is 11.3 Å². The number of hydrogen-bond acceptors (Lipinski definition) is 4. The molecule has 0 radical (unpaired) electrons. The lowest BCUT2D eigenvalue weighted by Gasteiger charge is -2.19. The van der Waals surface area contributed by atoms with E-state index in [0.717, 1.165) is 10.7 Å². The van der Waals surface area contributed by atoms with Gasteiger partial charge >= 0.3 is 0 Å². The normalized spacial score (nSPS) is 12.9. The average molecular weight is 261 g/mol. The molecule has 0 aliphatic rings. The number of nitrogens with one attached hydrogen (secondary N) is 1. The molecule has 2 aromatic rings. The average Bonchev–Trinajstić information content (AvgIpc) is 2.67. The molecule has 18 heavy (non-hydrogen) atoms. The number of pyridine rings is 1. The lowest BCUT2D eigenvalue weighted by molar-refractivity contribution is 0.525. The van der Waals surface area contributed by atoms with E-state index in [9.17, 15) is 0 Å². The first-order valence-electron chi connectivity index (χ1n) is 6.18. The van der Waals surface area contributed by atoms with Gasteiger partial charge in [0.1, 0.15) is 5.01 Å². The molecule has 3 nitrogen and oxygen atoms in total. The van der Waals surface area contributed by atoms with Gasteiger partial charge < -0.3 is 5.32 Å². The zero-order valence-electron chi connectivity index (χ0n) is 11.3. The molecule has 2 heterocycles. The van der Waals surface area contributed by atoms with Crippen LogP contribution in [-0.4, -0.2) is 16.0 Å². The van der Waals surface area contributed by atoms with Gasteiger partial charge in [0.05, 0.1) is 11.7 Å². The summed E-state index contributed by atoms with van der Waals surface area (Å²) in [6.07, 6.45) is 3.71. The molecular weight excluding hydrogens is 242 g/mol. The van der Waals surface area contributed by atoms with E-state index in [4.69, 9.17) is 0 Å². The Morgan fingerprint density at radius 1 is 1.28 bits per heavy atom. The molecule has 0 saturated carbocycles. The Morgan fingerprint density at radius 3 is 2.56 bits per heavy atom. The molecule has 1 atom stereocenters. The summed E-state index contributed by atoms with van der Waals surface area (Å²) in [5.41, 5.74) is 2.29. The van der Waals surface area contributed by atoms with Crippen molar-refractivity contribution < 1.29 is 0 Å². The molecule has 2 aromatic heterocycles. The maximum atomic E-state index is 4.67. The van der Waals surface area contributed by atoms with Crippen molar-refractivity contribution in [1.82, 2.24) is 15.3 Å². The highest BCUT2D eigenvalue weighted by atomic mass is 32.1. The topological polar surface area (TPSA) is 37.8 Å². The number of hydrogen-bond donors (Lipinski definition) is 1. The van der Waals surface area contributed by atoms with Crippen molar-refractivity contribution in [2.45, 2.75) is 39.8 Å². The summed E-state index contributed by atoms with van der Waals surface area (Å²) in [4.78, 5) is 10.2. The van der Waals surface area contributed by atoms with Gasteiger partial charge in [0, 0.05) is 23.3 Å².